The smallest absolute Gasteiger partial charge is 0.453 e. The number of likely N-dealkylation sites (tertiary alicyclic amines) is 1. The Balaban J connectivity index is 1.21. The Bertz CT molecular complexity index is 1510. The fraction of sp³-hybridized carbons (Fsp3) is 0.611. The molecule has 2 aliphatic rings. The van der Waals surface area contributed by atoms with Gasteiger partial charge in [0, 0.05) is 12.5 Å². The number of nitrogens with zero attached hydrogens (tertiary/aromatic N) is 1. The van der Waals surface area contributed by atoms with Gasteiger partial charge < -0.3 is 10.0 Å². The third kappa shape index (κ3) is 10.7. The van der Waals surface area contributed by atoms with E-state index < -0.39 is 52.2 Å². The number of phenolic OH excluding ortho intramolecular Hbond substituents is 1. The minimum absolute atomic E-state index is 0.211. The van der Waals surface area contributed by atoms with E-state index in [2.05, 4.69) is 4.90 Å². The summed E-state index contributed by atoms with van der Waals surface area (Å²) < 4.78 is 115. The monoisotopic (exact) mass is 705 g/mol. The van der Waals surface area contributed by atoms with Gasteiger partial charge in [0.15, 0.2) is 11.6 Å². The quantitative estimate of drug-likeness (QED) is 0.132. The molecule has 4 rings (SSSR count). The maximum Gasteiger partial charge on any atom is 0.453 e. The number of phenols is 1. The first kappa shape index (κ1) is 38.2. The number of allylic oxidation sites excluding steroid dienone is 2. The number of rotatable bonds is 17. The molecular formula is C36H46F7NO3S. The Labute approximate surface area is 279 Å². The Morgan fingerprint density at radius 3 is 2.31 bits per heavy atom. The van der Waals surface area contributed by atoms with Crippen molar-refractivity contribution in [3.05, 3.63) is 64.7 Å². The first-order valence-corrected chi connectivity index (χ1v) is 18.9. The van der Waals surface area contributed by atoms with Crippen molar-refractivity contribution in [2.45, 2.75) is 114 Å². The lowest BCUT2D eigenvalue weighted by Gasteiger charge is -2.24. The maximum absolute atomic E-state index is 14.2. The summed E-state index contributed by atoms with van der Waals surface area (Å²) in [5, 5.41) is 10.1. The van der Waals surface area contributed by atoms with Gasteiger partial charge in [0.2, 0.25) is 0 Å². The van der Waals surface area contributed by atoms with Crippen LogP contribution in [0.2, 0.25) is 0 Å². The fourth-order valence-electron chi connectivity index (χ4n) is 7.08. The number of halogens is 7. The SMILES string of the molecule is O=S(=O)(CCCCC1CCCN1CCCCCCC1=C(c2ccc(F)c(F)c2)CCCc2cc(O)ccc21)CCCC(F)(F)C(F)(F)F. The minimum atomic E-state index is -5.67. The average Bonchev–Trinajstić information content (AvgIpc) is 3.37. The summed E-state index contributed by atoms with van der Waals surface area (Å²) in [6.07, 6.45) is 3.08. The average molecular weight is 706 g/mol. The molecule has 0 aromatic heterocycles. The van der Waals surface area contributed by atoms with Crippen molar-refractivity contribution < 1.29 is 44.3 Å². The highest BCUT2D eigenvalue weighted by atomic mass is 32.2. The van der Waals surface area contributed by atoms with E-state index >= 15 is 0 Å². The minimum Gasteiger partial charge on any atom is -0.508 e. The van der Waals surface area contributed by atoms with Crippen molar-refractivity contribution in [3.8, 4) is 5.75 Å². The van der Waals surface area contributed by atoms with Crippen molar-refractivity contribution in [2.75, 3.05) is 24.6 Å². The molecule has 12 heteroatoms. The van der Waals surface area contributed by atoms with Crippen LogP contribution in [-0.2, 0) is 16.3 Å². The third-order valence-corrected chi connectivity index (χ3v) is 11.5. The van der Waals surface area contributed by atoms with Crippen LogP contribution in [0.25, 0.3) is 11.1 Å². The van der Waals surface area contributed by atoms with Gasteiger partial charge in [-0.1, -0.05) is 31.4 Å². The molecule has 1 aliphatic heterocycles. The molecule has 0 bridgehead atoms. The van der Waals surface area contributed by atoms with E-state index in [1.165, 1.54) is 12.1 Å². The van der Waals surface area contributed by atoms with Crippen molar-refractivity contribution >= 4 is 21.0 Å². The van der Waals surface area contributed by atoms with E-state index in [4.69, 9.17) is 0 Å². The molecule has 1 saturated heterocycles. The number of unbranched alkanes of at least 4 members (excludes halogenated alkanes) is 4. The zero-order valence-electron chi connectivity index (χ0n) is 27.2. The first-order chi connectivity index (χ1) is 22.7. The van der Waals surface area contributed by atoms with Crippen LogP contribution >= 0.6 is 0 Å². The molecule has 1 fully saturated rings. The number of aryl methyl sites for hydroxylation is 1. The van der Waals surface area contributed by atoms with E-state index in [9.17, 15) is 44.3 Å². The summed E-state index contributed by atoms with van der Waals surface area (Å²) in [5.41, 5.74) is 4.95. The van der Waals surface area contributed by atoms with E-state index in [0.29, 0.717) is 24.4 Å². The van der Waals surface area contributed by atoms with Gasteiger partial charge in [-0.25, -0.2) is 17.2 Å². The van der Waals surface area contributed by atoms with Crippen LogP contribution in [-0.4, -0.2) is 61.2 Å². The number of hydrogen-bond acceptors (Lipinski definition) is 4. The molecule has 1 atom stereocenters. The molecule has 268 valence electrons. The molecule has 0 radical (unpaired) electrons. The van der Waals surface area contributed by atoms with Crippen LogP contribution in [0.1, 0.15) is 107 Å². The maximum atomic E-state index is 14.2. The second-order valence-corrected chi connectivity index (χ2v) is 15.5. The van der Waals surface area contributed by atoms with Crippen LogP contribution in [0.15, 0.2) is 36.4 Å². The summed E-state index contributed by atoms with van der Waals surface area (Å²) >= 11 is 0. The molecule has 4 nitrogen and oxygen atoms in total. The molecule has 2 aromatic rings. The van der Waals surface area contributed by atoms with Gasteiger partial charge in [-0.15, -0.1) is 0 Å². The van der Waals surface area contributed by atoms with Crippen molar-refractivity contribution in [1.29, 1.82) is 0 Å². The molecule has 1 heterocycles. The summed E-state index contributed by atoms with van der Waals surface area (Å²) in [7, 11) is -3.69. The number of aromatic hydroxyl groups is 1. The Kier molecular flexibility index (Phi) is 13.4. The lowest BCUT2D eigenvalue weighted by atomic mass is 9.89. The zero-order valence-corrected chi connectivity index (χ0v) is 28.1. The Hall–Kier alpha value is -2.60. The van der Waals surface area contributed by atoms with Crippen molar-refractivity contribution in [2.24, 2.45) is 0 Å². The Morgan fingerprint density at radius 1 is 0.812 bits per heavy atom. The van der Waals surface area contributed by atoms with E-state index in [1.807, 2.05) is 6.07 Å². The topological polar surface area (TPSA) is 57.6 Å². The second-order valence-electron chi connectivity index (χ2n) is 13.2. The van der Waals surface area contributed by atoms with E-state index in [-0.39, 0.29) is 11.5 Å². The van der Waals surface area contributed by atoms with Gasteiger partial charge in [0.1, 0.15) is 15.6 Å². The van der Waals surface area contributed by atoms with Gasteiger partial charge in [-0.2, -0.15) is 22.0 Å². The standard InChI is InChI=1S/C36H46F7NO3S/c37-33-18-15-27(25-34(33)38)30-14-7-10-26-24-29(45)16-17-31(26)32(30)13-3-1-2-5-20-44-21-8-12-28(44)11-4-6-22-48(46,47)23-9-19-35(39,40)36(41,42)43/h15-18,24-25,28,45H,1-14,19-23H2. The van der Waals surface area contributed by atoms with Crippen LogP contribution in [0.3, 0.4) is 0 Å². The van der Waals surface area contributed by atoms with E-state index in [0.717, 1.165) is 106 Å². The van der Waals surface area contributed by atoms with Gasteiger partial charge in [-0.3, -0.25) is 0 Å². The summed E-state index contributed by atoms with van der Waals surface area (Å²) in [6.45, 7) is 1.91. The number of hydrogen-bond donors (Lipinski definition) is 1. The fourth-order valence-corrected chi connectivity index (χ4v) is 8.52. The number of alkyl halides is 5. The van der Waals surface area contributed by atoms with Gasteiger partial charge >= 0.3 is 12.1 Å². The van der Waals surface area contributed by atoms with Crippen molar-refractivity contribution in [1.82, 2.24) is 4.90 Å². The number of fused-ring (bicyclic) bond motifs is 1. The largest absolute Gasteiger partial charge is 0.508 e. The summed E-state index contributed by atoms with van der Waals surface area (Å²) in [4.78, 5) is 2.44. The molecule has 48 heavy (non-hydrogen) atoms. The molecule has 1 unspecified atom stereocenters. The lowest BCUT2D eigenvalue weighted by Crippen LogP contribution is -2.36. The predicted molar refractivity (Wildman–Crippen MR) is 175 cm³/mol. The highest BCUT2D eigenvalue weighted by Gasteiger charge is 2.56. The third-order valence-electron chi connectivity index (χ3n) is 9.64. The molecule has 1 N–H and O–H groups in total. The molecule has 1 aliphatic carbocycles. The second kappa shape index (κ2) is 16.9. The summed E-state index contributed by atoms with van der Waals surface area (Å²) in [5.74, 6) is -7.29. The lowest BCUT2D eigenvalue weighted by molar-refractivity contribution is -0.284. The van der Waals surface area contributed by atoms with Crippen LogP contribution in [0, 0.1) is 11.6 Å². The molecular weight excluding hydrogens is 659 g/mol. The molecule has 2 aromatic carbocycles. The number of sulfone groups is 1. The zero-order chi connectivity index (χ0) is 35.0. The highest BCUT2D eigenvalue weighted by molar-refractivity contribution is 7.91. The molecule has 0 amide bonds. The Morgan fingerprint density at radius 2 is 1.56 bits per heavy atom. The summed E-state index contributed by atoms with van der Waals surface area (Å²) in [6, 6.07) is 9.82. The van der Waals surface area contributed by atoms with E-state index in [1.54, 1.807) is 18.2 Å². The van der Waals surface area contributed by atoms with Gasteiger partial charge in [0.25, 0.3) is 0 Å². The molecule has 0 saturated carbocycles. The normalized spacial score (nSPS) is 17.9. The number of benzene rings is 2. The van der Waals surface area contributed by atoms with Crippen molar-refractivity contribution in [3.63, 3.8) is 0 Å². The molecule has 0 spiro atoms. The van der Waals surface area contributed by atoms with Gasteiger partial charge in [-0.05, 0) is 136 Å². The van der Waals surface area contributed by atoms with Crippen LogP contribution in [0.4, 0.5) is 30.7 Å². The first-order valence-electron chi connectivity index (χ1n) is 17.1. The predicted octanol–water partition coefficient (Wildman–Crippen LogP) is 9.90. The van der Waals surface area contributed by atoms with Gasteiger partial charge in [0.05, 0.1) is 11.5 Å². The van der Waals surface area contributed by atoms with Crippen LogP contribution < -0.4 is 0 Å². The highest BCUT2D eigenvalue weighted by Crippen LogP contribution is 2.41. The van der Waals surface area contributed by atoms with Crippen LogP contribution in [0.5, 0.6) is 5.75 Å².